The largest absolute Gasteiger partial charge is 0.496 e. The monoisotopic (exact) mass is 354 g/mol. The van der Waals surface area contributed by atoms with Crippen LogP contribution in [0.2, 0.25) is 0 Å². The summed E-state index contributed by atoms with van der Waals surface area (Å²) in [7, 11) is 1.63. The number of para-hydroxylation sites is 1. The molecule has 2 amide bonds. The number of aryl methyl sites for hydroxylation is 1. The summed E-state index contributed by atoms with van der Waals surface area (Å²) in [6.07, 6.45) is 0.677. The Morgan fingerprint density at radius 3 is 2.85 bits per heavy atom. The molecule has 1 aliphatic heterocycles. The normalized spacial score (nSPS) is 13.4. The van der Waals surface area contributed by atoms with Gasteiger partial charge in [-0.15, -0.1) is 0 Å². The van der Waals surface area contributed by atoms with E-state index in [4.69, 9.17) is 9.47 Å². The molecule has 1 heterocycles. The summed E-state index contributed by atoms with van der Waals surface area (Å²) in [5.41, 5.74) is 2.74. The van der Waals surface area contributed by atoms with E-state index in [1.54, 1.807) is 12.0 Å². The lowest BCUT2D eigenvalue weighted by molar-refractivity contribution is -0.121. The lowest BCUT2D eigenvalue weighted by atomic mass is 10.1. The first-order chi connectivity index (χ1) is 12.7. The smallest absolute Gasteiger partial charge is 0.414 e. The maximum absolute atomic E-state index is 12.1. The first-order valence-corrected chi connectivity index (χ1v) is 8.59. The number of carbonyl (C=O) groups is 2. The van der Waals surface area contributed by atoms with Crippen LogP contribution >= 0.6 is 0 Å². The molecule has 0 saturated carbocycles. The number of rotatable bonds is 7. The molecule has 1 N–H and O–H groups in total. The van der Waals surface area contributed by atoms with Crippen LogP contribution in [0.5, 0.6) is 5.75 Å². The van der Waals surface area contributed by atoms with E-state index >= 15 is 0 Å². The van der Waals surface area contributed by atoms with Gasteiger partial charge in [-0.1, -0.05) is 30.3 Å². The van der Waals surface area contributed by atoms with Crippen LogP contribution in [0, 0.1) is 0 Å². The van der Waals surface area contributed by atoms with Crippen molar-refractivity contribution in [2.45, 2.75) is 19.4 Å². The lowest BCUT2D eigenvalue weighted by Crippen LogP contribution is -2.25. The lowest BCUT2D eigenvalue weighted by Gasteiger charge is -2.14. The highest BCUT2D eigenvalue weighted by Gasteiger charge is 2.23. The molecule has 0 unspecified atom stereocenters. The molecule has 1 aliphatic rings. The van der Waals surface area contributed by atoms with E-state index in [0.29, 0.717) is 32.5 Å². The third-order valence-corrected chi connectivity index (χ3v) is 4.29. The van der Waals surface area contributed by atoms with E-state index in [1.165, 1.54) is 0 Å². The molecule has 2 aromatic carbocycles. The van der Waals surface area contributed by atoms with E-state index in [2.05, 4.69) is 5.32 Å². The van der Waals surface area contributed by atoms with Crippen LogP contribution in [0.3, 0.4) is 0 Å². The molecule has 1 saturated heterocycles. The number of nitrogens with zero attached hydrogens (tertiary/aromatic N) is 1. The van der Waals surface area contributed by atoms with Gasteiger partial charge in [-0.25, -0.2) is 4.79 Å². The Morgan fingerprint density at radius 1 is 1.23 bits per heavy atom. The topological polar surface area (TPSA) is 67.9 Å². The molecule has 2 aromatic rings. The SMILES string of the molecule is COc1ccccc1CCC(=O)NCc1cccc(N2CCOC2=O)c1. The molecule has 3 rings (SSSR count). The van der Waals surface area contributed by atoms with Crippen LogP contribution < -0.4 is 15.0 Å². The van der Waals surface area contributed by atoms with Gasteiger partial charge in [0.15, 0.2) is 0 Å². The van der Waals surface area contributed by atoms with E-state index in [0.717, 1.165) is 22.6 Å². The second kappa shape index (κ2) is 8.38. The van der Waals surface area contributed by atoms with Gasteiger partial charge in [-0.3, -0.25) is 9.69 Å². The highest BCUT2D eigenvalue weighted by Crippen LogP contribution is 2.20. The molecular formula is C20H22N2O4. The summed E-state index contributed by atoms with van der Waals surface area (Å²) in [5.74, 6) is 0.771. The Balaban J connectivity index is 1.52. The molecule has 6 nitrogen and oxygen atoms in total. The van der Waals surface area contributed by atoms with Crippen molar-refractivity contribution in [3.8, 4) is 5.75 Å². The maximum Gasteiger partial charge on any atom is 0.414 e. The predicted octanol–water partition coefficient (Wildman–Crippen LogP) is 2.90. The second-order valence-electron chi connectivity index (χ2n) is 6.02. The molecule has 0 spiro atoms. The Bertz CT molecular complexity index is 791. The van der Waals surface area contributed by atoms with Crippen molar-refractivity contribution in [3.05, 3.63) is 59.7 Å². The summed E-state index contributed by atoms with van der Waals surface area (Å²) < 4.78 is 10.3. The molecule has 0 aliphatic carbocycles. The number of benzene rings is 2. The van der Waals surface area contributed by atoms with Crippen molar-refractivity contribution in [2.75, 3.05) is 25.2 Å². The van der Waals surface area contributed by atoms with Gasteiger partial charge >= 0.3 is 6.09 Å². The molecule has 136 valence electrons. The van der Waals surface area contributed by atoms with Gasteiger partial charge < -0.3 is 14.8 Å². The first-order valence-electron chi connectivity index (χ1n) is 8.59. The Morgan fingerprint density at radius 2 is 2.08 bits per heavy atom. The molecular weight excluding hydrogens is 332 g/mol. The quantitative estimate of drug-likeness (QED) is 0.830. The number of anilines is 1. The minimum atomic E-state index is -0.331. The van der Waals surface area contributed by atoms with Gasteiger partial charge in [-0.2, -0.15) is 0 Å². The standard InChI is InChI=1S/C20H22N2O4/c1-25-18-8-3-2-6-16(18)9-10-19(23)21-14-15-5-4-7-17(13-15)22-11-12-26-20(22)24/h2-8,13H,9-12,14H2,1H3,(H,21,23). The first kappa shape index (κ1) is 17.8. The average molecular weight is 354 g/mol. The molecule has 26 heavy (non-hydrogen) atoms. The van der Waals surface area contributed by atoms with E-state index in [1.807, 2.05) is 48.5 Å². The zero-order valence-corrected chi connectivity index (χ0v) is 14.7. The van der Waals surface area contributed by atoms with Crippen molar-refractivity contribution in [1.29, 1.82) is 0 Å². The number of hydrogen-bond acceptors (Lipinski definition) is 4. The van der Waals surface area contributed by atoms with Crippen molar-refractivity contribution in [3.63, 3.8) is 0 Å². The minimum Gasteiger partial charge on any atom is -0.496 e. The third-order valence-electron chi connectivity index (χ3n) is 4.29. The third kappa shape index (κ3) is 4.33. The fourth-order valence-corrected chi connectivity index (χ4v) is 2.91. The summed E-state index contributed by atoms with van der Waals surface area (Å²) >= 11 is 0. The van der Waals surface area contributed by atoms with Gasteiger partial charge in [0.05, 0.1) is 13.7 Å². The fraction of sp³-hybridized carbons (Fsp3) is 0.300. The number of nitrogens with one attached hydrogen (secondary N) is 1. The van der Waals surface area contributed by atoms with Crippen LogP contribution in [-0.4, -0.2) is 32.3 Å². The van der Waals surface area contributed by atoms with Crippen molar-refractivity contribution < 1.29 is 19.1 Å². The zero-order chi connectivity index (χ0) is 18.4. The van der Waals surface area contributed by atoms with Crippen LogP contribution in [0.1, 0.15) is 17.5 Å². The van der Waals surface area contributed by atoms with Gasteiger partial charge in [-0.05, 0) is 35.7 Å². The highest BCUT2D eigenvalue weighted by molar-refractivity contribution is 5.89. The van der Waals surface area contributed by atoms with Crippen molar-refractivity contribution in [2.24, 2.45) is 0 Å². The van der Waals surface area contributed by atoms with Gasteiger partial charge in [0, 0.05) is 18.7 Å². The highest BCUT2D eigenvalue weighted by atomic mass is 16.6. The number of amides is 2. The van der Waals surface area contributed by atoms with E-state index < -0.39 is 0 Å². The number of cyclic esters (lactones) is 1. The van der Waals surface area contributed by atoms with E-state index in [9.17, 15) is 9.59 Å². The van der Waals surface area contributed by atoms with Crippen LogP contribution in [0.15, 0.2) is 48.5 Å². The number of methoxy groups -OCH3 is 1. The van der Waals surface area contributed by atoms with Crippen molar-refractivity contribution in [1.82, 2.24) is 5.32 Å². The number of carbonyl (C=O) groups excluding carboxylic acids is 2. The Hall–Kier alpha value is -3.02. The Labute approximate surface area is 152 Å². The molecule has 0 radical (unpaired) electrons. The number of ether oxygens (including phenoxy) is 2. The second-order valence-corrected chi connectivity index (χ2v) is 6.02. The van der Waals surface area contributed by atoms with Crippen LogP contribution in [0.4, 0.5) is 10.5 Å². The van der Waals surface area contributed by atoms with Gasteiger partial charge in [0.2, 0.25) is 5.91 Å². The maximum atomic E-state index is 12.1. The van der Waals surface area contributed by atoms with Gasteiger partial charge in [0.1, 0.15) is 12.4 Å². The summed E-state index contributed by atoms with van der Waals surface area (Å²) in [6, 6.07) is 15.2. The molecule has 0 atom stereocenters. The predicted molar refractivity (Wildman–Crippen MR) is 98.3 cm³/mol. The summed E-state index contributed by atoms with van der Waals surface area (Å²) in [5, 5.41) is 2.92. The zero-order valence-electron chi connectivity index (χ0n) is 14.7. The number of hydrogen-bond donors (Lipinski definition) is 1. The average Bonchev–Trinajstić information content (AvgIpc) is 3.11. The Kier molecular flexibility index (Phi) is 5.73. The van der Waals surface area contributed by atoms with Crippen molar-refractivity contribution >= 4 is 17.7 Å². The molecule has 1 fully saturated rings. The van der Waals surface area contributed by atoms with Crippen LogP contribution in [-0.2, 0) is 22.5 Å². The molecule has 0 aromatic heterocycles. The van der Waals surface area contributed by atoms with E-state index in [-0.39, 0.29) is 12.0 Å². The van der Waals surface area contributed by atoms with Gasteiger partial charge in [0.25, 0.3) is 0 Å². The molecule has 6 heteroatoms. The fourth-order valence-electron chi connectivity index (χ4n) is 2.91. The summed E-state index contributed by atoms with van der Waals surface area (Å²) in [6.45, 7) is 1.37. The summed E-state index contributed by atoms with van der Waals surface area (Å²) in [4.78, 5) is 25.4. The minimum absolute atomic E-state index is 0.0260. The van der Waals surface area contributed by atoms with Crippen LogP contribution in [0.25, 0.3) is 0 Å². The molecule has 0 bridgehead atoms.